The predicted octanol–water partition coefficient (Wildman–Crippen LogP) is 4.39. The number of fused-ring (bicyclic) bond motifs is 2. The summed E-state index contributed by atoms with van der Waals surface area (Å²) in [6.07, 6.45) is 6.77. The molecule has 1 aliphatic carbocycles. The Hall–Kier alpha value is -5.58. The highest BCUT2D eigenvalue weighted by atomic mass is 16.6. The van der Waals surface area contributed by atoms with Crippen molar-refractivity contribution in [3.05, 3.63) is 66.2 Å². The van der Waals surface area contributed by atoms with E-state index < -0.39 is 53.1 Å². The van der Waals surface area contributed by atoms with Crippen molar-refractivity contribution in [3.8, 4) is 28.6 Å². The molecular weight excluding hydrogens is 652 g/mol. The molecule has 0 radical (unpaired) electrons. The average Bonchev–Trinajstić information content (AvgIpc) is 3.40. The van der Waals surface area contributed by atoms with E-state index in [2.05, 4.69) is 32.1 Å². The van der Waals surface area contributed by atoms with Crippen LogP contribution in [0.5, 0.6) is 0 Å². The van der Waals surface area contributed by atoms with Crippen molar-refractivity contribution in [1.82, 2.24) is 35.7 Å². The molecule has 3 amide bonds. The molecule has 2 aromatic carbocycles. The summed E-state index contributed by atoms with van der Waals surface area (Å²) >= 11 is 0. The van der Waals surface area contributed by atoms with E-state index in [0.717, 1.165) is 30.4 Å². The maximum absolute atomic E-state index is 14.3. The van der Waals surface area contributed by atoms with Gasteiger partial charge in [0.15, 0.2) is 0 Å². The second-order valence-electron chi connectivity index (χ2n) is 14.4. The Labute approximate surface area is 295 Å². The topological polar surface area (TPSA) is 192 Å². The Morgan fingerprint density at radius 3 is 2.57 bits per heavy atom. The maximum atomic E-state index is 14.3. The molecule has 1 saturated carbocycles. The second-order valence-corrected chi connectivity index (χ2v) is 14.4. The quantitative estimate of drug-likeness (QED) is 0.323. The van der Waals surface area contributed by atoms with Crippen molar-refractivity contribution in [1.29, 1.82) is 5.26 Å². The lowest BCUT2D eigenvalue weighted by atomic mass is 10.0. The van der Waals surface area contributed by atoms with Crippen LogP contribution in [-0.2, 0) is 19.1 Å². The summed E-state index contributed by atoms with van der Waals surface area (Å²) in [6.45, 7) is 5.23. The molecule has 3 aromatic rings. The minimum absolute atomic E-state index is 0.0356. The van der Waals surface area contributed by atoms with Gasteiger partial charge in [0, 0.05) is 24.4 Å². The van der Waals surface area contributed by atoms with Gasteiger partial charge in [0.05, 0.1) is 17.7 Å². The lowest BCUT2D eigenvalue weighted by Crippen LogP contribution is -2.56. The number of allylic oxidation sites excluding steroid dienone is 1. The summed E-state index contributed by atoms with van der Waals surface area (Å²) in [7, 11) is 0. The van der Waals surface area contributed by atoms with Crippen LogP contribution in [0.1, 0.15) is 77.3 Å². The zero-order valence-corrected chi connectivity index (χ0v) is 28.9. The smallest absolute Gasteiger partial charge is 0.408 e. The van der Waals surface area contributed by atoms with E-state index in [4.69, 9.17) is 10.00 Å². The van der Waals surface area contributed by atoms with Gasteiger partial charge in [-0.2, -0.15) is 10.1 Å². The number of benzene rings is 2. The van der Waals surface area contributed by atoms with Gasteiger partial charge in [-0.3, -0.25) is 9.59 Å². The Morgan fingerprint density at radius 1 is 1.08 bits per heavy atom. The number of aromatic nitrogens is 4. The Morgan fingerprint density at radius 2 is 1.84 bits per heavy atom. The number of nitrogens with zero attached hydrogens (tertiary/aromatic N) is 6. The first-order valence-electron chi connectivity index (χ1n) is 17.3. The standard InChI is InChI=1S/C37H42N8O6/c1-36(2,3)51-35(50)39-29-13-8-6-4-5-7-12-27-20-37(27,34(48)49)40-32(46)30-19-28(22-44(30)33(29)47)45-42-31(41-43-45)26-11-9-10-25(18-26)24-16-14-23(21-38)15-17-24/h7,9-12,14-18,27-30H,4-6,8,13,19-20,22H2,1-3H3,(H,39,50)(H,40,46)(H,48,49)/b12-7-/t27-,28+,29+,30+,37+/m1/s1. The SMILES string of the molecule is CC(C)(C)OC(=O)N[C@H]1CCCCC/C=C\[C@@H]2C[C@]2(C(=O)O)NC(=O)[C@@H]2C[C@H](n3nnc(-c4cccc(-c5ccc(C#N)cc5)c4)n3)CN2C1=O. The molecular formula is C37H42N8O6. The van der Waals surface area contributed by atoms with E-state index in [-0.39, 0.29) is 25.3 Å². The first-order chi connectivity index (χ1) is 24.4. The zero-order valence-electron chi connectivity index (χ0n) is 28.9. The number of ether oxygens (including phenoxy) is 1. The Kier molecular flexibility index (Phi) is 9.91. The van der Waals surface area contributed by atoms with E-state index in [9.17, 15) is 24.3 Å². The van der Waals surface area contributed by atoms with Gasteiger partial charge < -0.3 is 25.4 Å². The lowest BCUT2D eigenvalue weighted by Gasteiger charge is -2.30. The van der Waals surface area contributed by atoms with E-state index in [1.54, 1.807) is 32.9 Å². The van der Waals surface area contributed by atoms with Crippen LogP contribution in [0.25, 0.3) is 22.5 Å². The van der Waals surface area contributed by atoms with E-state index >= 15 is 0 Å². The number of nitriles is 1. The molecule has 3 aliphatic rings. The summed E-state index contributed by atoms with van der Waals surface area (Å²) < 4.78 is 5.47. The van der Waals surface area contributed by atoms with Crippen molar-refractivity contribution in [2.75, 3.05) is 6.54 Å². The van der Waals surface area contributed by atoms with Gasteiger partial charge in [0.1, 0.15) is 23.2 Å². The van der Waals surface area contributed by atoms with Gasteiger partial charge in [-0.25, -0.2) is 9.59 Å². The van der Waals surface area contributed by atoms with Gasteiger partial charge in [0.25, 0.3) is 0 Å². The summed E-state index contributed by atoms with van der Waals surface area (Å²) in [4.78, 5) is 56.4. The minimum Gasteiger partial charge on any atom is -0.479 e. The normalized spacial score (nSPS) is 26.0. The molecule has 0 unspecified atom stereocenters. The number of amides is 3. The van der Waals surface area contributed by atoms with Crippen molar-refractivity contribution < 1.29 is 29.0 Å². The highest BCUT2D eigenvalue weighted by Crippen LogP contribution is 2.45. The van der Waals surface area contributed by atoms with Crippen molar-refractivity contribution in [2.45, 2.75) is 95.0 Å². The largest absolute Gasteiger partial charge is 0.479 e. The number of tetrazole rings is 1. The fraction of sp³-hybridized carbons (Fsp3) is 0.459. The fourth-order valence-electron chi connectivity index (χ4n) is 6.77. The van der Waals surface area contributed by atoms with Gasteiger partial charge >= 0.3 is 12.1 Å². The van der Waals surface area contributed by atoms with Crippen LogP contribution >= 0.6 is 0 Å². The van der Waals surface area contributed by atoms with Gasteiger partial charge in [-0.05, 0) is 81.0 Å². The molecule has 266 valence electrons. The molecule has 1 saturated heterocycles. The minimum atomic E-state index is -1.45. The number of hydrogen-bond donors (Lipinski definition) is 3. The van der Waals surface area contributed by atoms with Crippen molar-refractivity contribution in [3.63, 3.8) is 0 Å². The van der Waals surface area contributed by atoms with Gasteiger partial charge in [0.2, 0.25) is 17.6 Å². The molecule has 2 aliphatic heterocycles. The first kappa shape index (κ1) is 35.3. The summed E-state index contributed by atoms with van der Waals surface area (Å²) in [6, 6.07) is 14.3. The number of carboxylic acids is 1. The molecule has 14 heteroatoms. The summed E-state index contributed by atoms with van der Waals surface area (Å²) in [5.41, 5.74) is 0.824. The van der Waals surface area contributed by atoms with E-state index in [1.165, 1.54) is 9.70 Å². The number of carbonyl (C=O) groups excluding carboxylic acids is 3. The third kappa shape index (κ3) is 7.93. The van der Waals surface area contributed by atoms with Crippen LogP contribution in [-0.4, -0.2) is 83.9 Å². The van der Waals surface area contributed by atoms with Crippen LogP contribution in [0.2, 0.25) is 0 Å². The van der Waals surface area contributed by atoms with Gasteiger partial charge in [-0.15, -0.1) is 10.2 Å². The predicted molar refractivity (Wildman–Crippen MR) is 185 cm³/mol. The number of hydrogen-bond acceptors (Lipinski definition) is 9. The summed E-state index contributed by atoms with van der Waals surface area (Å²) in [5.74, 6) is -2.20. The third-order valence-corrected chi connectivity index (χ3v) is 9.55. The monoisotopic (exact) mass is 694 g/mol. The maximum Gasteiger partial charge on any atom is 0.408 e. The van der Waals surface area contributed by atoms with Crippen molar-refractivity contribution >= 4 is 23.9 Å². The van der Waals surface area contributed by atoms with Crippen LogP contribution < -0.4 is 10.6 Å². The molecule has 14 nitrogen and oxygen atoms in total. The molecule has 51 heavy (non-hydrogen) atoms. The Balaban J connectivity index is 1.28. The van der Waals surface area contributed by atoms with Gasteiger partial charge in [-0.1, -0.05) is 55.3 Å². The number of nitrogens with one attached hydrogen (secondary N) is 2. The highest BCUT2D eigenvalue weighted by Gasteiger charge is 2.61. The molecule has 2 fully saturated rings. The number of alkyl carbamates (subject to hydrolysis) is 1. The molecule has 3 N–H and O–H groups in total. The number of aliphatic carboxylic acids is 1. The Bertz CT molecular complexity index is 1880. The van der Waals surface area contributed by atoms with Crippen LogP contribution in [0, 0.1) is 17.2 Å². The molecule has 5 atom stereocenters. The first-order valence-corrected chi connectivity index (χ1v) is 17.3. The van der Waals surface area contributed by atoms with E-state index in [1.807, 2.05) is 48.6 Å². The molecule has 6 rings (SSSR count). The lowest BCUT2D eigenvalue weighted by molar-refractivity contribution is -0.145. The second kappa shape index (κ2) is 14.3. The van der Waals surface area contributed by atoms with E-state index in [0.29, 0.717) is 29.8 Å². The highest BCUT2D eigenvalue weighted by molar-refractivity contribution is 5.96. The number of carbonyl (C=O) groups is 4. The number of carboxylic acid groups (broad SMARTS) is 1. The van der Waals surface area contributed by atoms with Crippen LogP contribution in [0.15, 0.2) is 60.7 Å². The number of rotatable bonds is 5. The van der Waals surface area contributed by atoms with Crippen LogP contribution in [0.3, 0.4) is 0 Å². The average molecular weight is 695 g/mol. The molecule has 3 heterocycles. The molecule has 1 aromatic heterocycles. The third-order valence-electron chi connectivity index (χ3n) is 9.55. The molecule has 0 spiro atoms. The van der Waals surface area contributed by atoms with Crippen LogP contribution in [0.4, 0.5) is 4.79 Å². The summed E-state index contributed by atoms with van der Waals surface area (Å²) in [5, 5.41) is 38.0. The molecule has 0 bridgehead atoms. The zero-order chi connectivity index (χ0) is 36.3. The van der Waals surface area contributed by atoms with Crippen molar-refractivity contribution in [2.24, 2.45) is 5.92 Å². The fourth-order valence-corrected chi connectivity index (χ4v) is 6.77.